The fourth-order valence-electron chi connectivity index (χ4n) is 4.10. The topological polar surface area (TPSA) is 78.9 Å². The second-order valence-electron chi connectivity index (χ2n) is 8.43. The van der Waals surface area contributed by atoms with Crippen LogP contribution >= 0.6 is 23.8 Å². The minimum atomic E-state index is -0.759. The highest BCUT2D eigenvalue weighted by molar-refractivity contribution is 7.80. The van der Waals surface area contributed by atoms with Crippen molar-refractivity contribution >= 4 is 58.1 Å². The molecule has 0 bridgehead atoms. The summed E-state index contributed by atoms with van der Waals surface area (Å²) in [5, 5.41) is 3.70. The van der Waals surface area contributed by atoms with E-state index in [9.17, 15) is 14.4 Å². The molecule has 1 N–H and O–H groups in total. The minimum absolute atomic E-state index is 0.0858. The molecule has 0 radical (unpaired) electrons. The number of amides is 2. The minimum Gasteiger partial charge on any atom is -0.462 e. The van der Waals surface area contributed by atoms with E-state index in [0.29, 0.717) is 40.0 Å². The van der Waals surface area contributed by atoms with Crippen molar-refractivity contribution in [2.24, 2.45) is 0 Å². The molecule has 9 heteroatoms. The van der Waals surface area contributed by atoms with Crippen molar-refractivity contribution in [1.82, 2.24) is 4.90 Å². The van der Waals surface area contributed by atoms with Crippen molar-refractivity contribution in [3.05, 3.63) is 95.0 Å². The molecular weight excluding hydrogens is 510 g/mol. The SMILES string of the molecule is CCOC(=O)c1ccc(NC(=O)CC2C(=O)N(c3ccc(Cl)cc3)C(=S)N2CCc2ccccc2)cc1. The maximum atomic E-state index is 13.5. The molecule has 0 saturated carbocycles. The van der Waals surface area contributed by atoms with E-state index >= 15 is 0 Å². The maximum Gasteiger partial charge on any atom is 0.338 e. The Bertz CT molecular complexity index is 1280. The van der Waals surface area contributed by atoms with Crippen LogP contribution in [0.2, 0.25) is 5.02 Å². The summed E-state index contributed by atoms with van der Waals surface area (Å²) in [6.45, 7) is 2.49. The summed E-state index contributed by atoms with van der Waals surface area (Å²) in [6.07, 6.45) is 0.577. The lowest BCUT2D eigenvalue weighted by atomic mass is 10.1. The van der Waals surface area contributed by atoms with Crippen molar-refractivity contribution < 1.29 is 19.1 Å². The van der Waals surface area contributed by atoms with Gasteiger partial charge in [0.2, 0.25) is 5.91 Å². The average Bonchev–Trinajstić information content (AvgIpc) is 3.12. The quantitative estimate of drug-likeness (QED) is 0.304. The summed E-state index contributed by atoms with van der Waals surface area (Å²) >= 11 is 11.7. The number of nitrogens with one attached hydrogen (secondary N) is 1. The van der Waals surface area contributed by atoms with E-state index in [-0.39, 0.29) is 24.8 Å². The number of anilines is 2. The largest absolute Gasteiger partial charge is 0.462 e. The lowest BCUT2D eigenvalue weighted by molar-refractivity contribution is -0.124. The second kappa shape index (κ2) is 12.0. The van der Waals surface area contributed by atoms with Crippen LogP contribution in [0.3, 0.4) is 0 Å². The van der Waals surface area contributed by atoms with Crippen LogP contribution in [0.5, 0.6) is 0 Å². The van der Waals surface area contributed by atoms with Gasteiger partial charge in [-0.05, 0) is 79.7 Å². The lowest BCUT2D eigenvalue weighted by Crippen LogP contribution is -2.39. The zero-order valence-electron chi connectivity index (χ0n) is 20.2. The molecule has 3 aromatic rings. The Morgan fingerprint density at radius 3 is 2.32 bits per heavy atom. The summed E-state index contributed by atoms with van der Waals surface area (Å²) in [4.78, 5) is 41.6. The van der Waals surface area contributed by atoms with Crippen LogP contribution in [0, 0.1) is 0 Å². The van der Waals surface area contributed by atoms with E-state index < -0.39 is 12.0 Å². The van der Waals surface area contributed by atoms with E-state index in [0.717, 1.165) is 5.56 Å². The number of hydrogen-bond donors (Lipinski definition) is 1. The van der Waals surface area contributed by atoms with Gasteiger partial charge in [0.15, 0.2) is 5.11 Å². The number of hydrogen-bond acceptors (Lipinski definition) is 5. The van der Waals surface area contributed by atoms with Crippen LogP contribution in [0.1, 0.15) is 29.3 Å². The number of thiocarbonyl (C=S) groups is 1. The van der Waals surface area contributed by atoms with Crippen LogP contribution in [0.25, 0.3) is 0 Å². The van der Waals surface area contributed by atoms with E-state index in [1.54, 1.807) is 55.5 Å². The van der Waals surface area contributed by atoms with Crippen LogP contribution in [-0.4, -0.2) is 47.0 Å². The third-order valence-corrected chi connectivity index (χ3v) is 6.62. The first-order chi connectivity index (χ1) is 17.9. The van der Waals surface area contributed by atoms with Crippen molar-refractivity contribution in [3.63, 3.8) is 0 Å². The highest BCUT2D eigenvalue weighted by Gasteiger charge is 2.43. The van der Waals surface area contributed by atoms with Crippen molar-refractivity contribution in [2.75, 3.05) is 23.4 Å². The van der Waals surface area contributed by atoms with Crippen LogP contribution < -0.4 is 10.2 Å². The van der Waals surface area contributed by atoms with Gasteiger partial charge in [0.05, 0.1) is 24.3 Å². The Hall–Kier alpha value is -3.75. The molecule has 7 nitrogen and oxygen atoms in total. The number of esters is 1. The lowest BCUT2D eigenvalue weighted by Gasteiger charge is -2.24. The molecule has 1 unspecified atom stereocenters. The van der Waals surface area contributed by atoms with Gasteiger partial charge in [0.25, 0.3) is 5.91 Å². The summed E-state index contributed by atoms with van der Waals surface area (Å²) < 4.78 is 4.99. The maximum absolute atomic E-state index is 13.5. The monoisotopic (exact) mass is 535 g/mol. The van der Waals surface area contributed by atoms with Crippen molar-refractivity contribution in [3.8, 4) is 0 Å². The molecule has 190 valence electrons. The molecule has 0 aliphatic carbocycles. The number of carbonyl (C=O) groups excluding carboxylic acids is 3. The smallest absolute Gasteiger partial charge is 0.338 e. The third-order valence-electron chi connectivity index (χ3n) is 5.95. The van der Waals surface area contributed by atoms with Crippen molar-refractivity contribution in [1.29, 1.82) is 0 Å². The summed E-state index contributed by atoms with van der Waals surface area (Å²) in [6, 6.07) is 22.4. The van der Waals surface area contributed by atoms with E-state index in [1.807, 2.05) is 35.2 Å². The van der Waals surface area contributed by atoms with Crippen molar-refractivity contribution in [2.45, 2.75) is 25.8 Å². The molecule has 37 heavy (non-hydrogen) atoms. The molecule has 1 heterocycles. The Morgan fingerprint density at radius 1 is 1.00 bits per heavy atom. The number of ether oxygens (including phenoxy) is 1. The molecule has 1 fully saturated rings. The molecular formula is C28H26ClN3O4S. The van der Waals surface area contributed by atoms with E-state index in [4.69, 9.17) is 28.6 Å². The Labute approximate surface area is 226 Å². The Kier molecular flexibility index (Phi) is 8.53. The summed E-state index contributed by atoms with van der Waals surface area (Å²) in [5.74, 6) is -1.04. The highest BCUT2D eigenvalue weighted by atomic mass is 35.5. The fraction of sp³-hybridized carbons (Fsp3) is 0.214. The molecule has 1 aliphatic heterocycles. The third kappa shape index (κ3) is 6.34. The number of rotatable bonds is 9. The predicted octanol–water partition coefficient (Wildman–Crippen LogP) is 5.09. The van der Waals surface area contributed by atoms with E-state index in [2.05, 4.69) is 5.32 Å². The van der Waals surface area contributed by atoms with Gasteiger partial charge in [0.1, 0.15) is 6.04 Å². The Balaban J connectivity index is 1.50. The summed E-state index contributed by atoms with van der Waals surface area (Å²) in [7, 11) is 0. The average molecular weight is 536 g/mol. The zero-order chi connectivity index (χ0) is 26.4. The predicted molar refractivity (Wildman–Crippen MR) is 148 cm³/mol. The number of nitrogens with zero attached hydrogens (tertiary/aromatic N) is 2. The number of carbonyl (C=O) groups is 3. The zero-order valence-corrected chi connectivity index (χ0v) is 21.8. The van der Waals surface area contributed by atoms with Crippen LogP contribution in [0.15, 0.2) is 78.9 Å². The molecule has 1 saturated heterocycles. The van der Waals surface area contributed by atoms with Gasteiger partial charge >= 0.3 is 5.97 Å². The standard InChI is InChI=1S/C28H26ClN3O4S/c1-2-36-27(35)20-8-12-22(13-9-20)30-25(33)18-24-26(34)32(23-14-10-21(29)11-15-23)28(37)31(24)17-16-19-6-4-3-5-7-19/h3-15,24H,2,16-18H2,1H3,(H,30,33). The highest BCUT2D eigenvalue weighted by Crippen LogP contribution is 2.29. The number of benzene rings is 3. The van der Waals surface area contributed by atoms with Gasteiger partial charge in [-0.3, -0.25) is 14.5 Å². The molecule has 2 amide bonds. The van der Waals surface area contributed by atoms with E-state index in [1.165, 1.54) is 4.90 Å². The molecule has 3 aromatic carbocycles. The first kappa shape index (κ1) is 26.3. The van der Waals surface area contributed by atoms with Gasteiger partial charge in [-0.2, -0.15) is 0 Å². The normalized spacial score (nSPS) is 15.1. The van der Waals surface area contributed by atoms with Gasteiger partial charge in [-0.15, -0.1) is 0 Å². The number of halogens is 1. The van der Waals surface area contributed by atoms with Gasteiger partial charge in [-0.1, -0.05) is 41.9 Å². The van der Waals surface area contributed by atoms with Gasteiger partial charge in [-0.25, -0.2) is 4.79 Å². The van der Waals surface area contributed by atoms with Crippen LogP contribution in [-0.2, 0) is 20.7 Å². The van der Waals surface area contributed by atoms with Gasteiger partial charge in [0, 0.05) is 17.3 Å². The molecule has 4 rings (SSSR count). The summed E-state index contributed by atoms with van der Waals surface area (Å²) in [5.41, 5.74) is 2.60. The molecule has 0 spiro atoms. The van der Waals surface area contributed by atoms with Gasteiger partial charge < -0.3 is 15.0 Å². The first-order valence-electron chi connectivity index (χ1n) is 11.9. The molecule has 0 aromatic heterocycles. The Morgan fingerprint density at radius 2 is 1.68 bits per heavy atom. The first-order valence-corrected chi connectivity index (χ1v) is 12.7. The molecule has 1 atom stereocenters. The fourth-order valence-corrected chi connectivity index (χ4v) is 4.64. The second-order valence-corrected chi connectivity index (χ2v) is 9.23. The molecule has 1 aliphatic rings. The van der Waals surface area contributed by atoms with Crippen LogP contribution in [0.4, 0.5) is 11.4 Å².